The molecule has 0 spiro atoms. The van der Waals surface area contributed by atoms with E-state index in [2.05, 4.69) is 20.2 Å². The van der Waals surface area contributed by atoms with E-state index in [1.807, 2.05) is 19.9 Å². The van der Waals surface area contributed by atoms with Crippen LogP contribution in [0.4, 0.5) is 5.82 Å². The predicted octanol–water partition coefficient (Wildman–Crippen LogP) is 1.60. The van der Waals surface area contributed by atoms with Crippen LogP contribution in [0.1, 0.15) is 24.4 Å². The summed E-state index contributed by atoms with van der Waals surface area (Å²) in [4.78, 5) is 11.1. The number of hydrogen-bond acceptors (Lipinski definition) is 4. The lowest BCUT2D eigenvalue weighted by molar-refractivity contribution is 0.352. The van der Waals surface area contributed by atoms with E-state index in [0.29, 0.717) is 0 Å². The lowest BCUT2D eigenvalue weighted by atomic mass is 10.4. The van der Waals surface area contributed by atoms with Crippen LogP contribution in [-0.4, -0.2) is 41.0 Å². The highest BCUT2D eigenvalue weighted by Gasteiger charge is 2.10. The Morgan fingerprint density at radius 3 is 2.69 bits per heavy atom. The molecule has 4 nitrogen and oxygen atoms in total. The lowest BCUT2D eigenvalue weighted by Crippen LogP contribution is -2.26. The van der Waals surface area contributed by atoms with Gasteiger partial charge in [-0.15, -0.1) is 0 Å². The van der Waals surface area contributed by atoms with Crippen molar-refractivity contribution < 1.29 is 0 Å². The molecule has 4 heteroatoms. The Kier molecular flexibility index (Phi) is 3.72. The van der Waals surface area contributed by atoms with Crippen LogP contribution in [0.3, 0.4) is 0 Å². The normalized spacial score (nSPS) is 16.6. The van der Waals surface area contributed by atoms with Crippen molar-refractivity contribution in [3.8, 4) is 0 Å². The highest BCUT2D eigenvalue weighted by Crippen LogP contribution is 2.08. The molecule has 1 aromatic heterocycles. The first-order valence-corrected chi connectivity index (χ1v) is 6.02. The van der Waals surface area contributed by atoms with Gasteiger partial charge in [0.2, 0.25) is 0 Å². The van der Waals surface area contributed by atoms with Crippen molar-refractivity contribution in [2.75, 3.05) is 31.5 Å². The zero-order valence-electron chi connectivity index (χ0n) is 10.2. The third kappa shape index (κ3) is 3.17. The fraction of sp³-hybridized carbons (Fsp3) is 0.667. The van der Waals surface area contributed by atoms with Crippen molar-refractivity contribution in [3.63, 3.8) is 0 Å². The fourth-order valence-corrected chi connectivity index (χ4v) is 2.16. The minimum atomic E-state index is 0.837. The van der Waals surface area contributed by atoms with Crippen LogP contribution < -0.4 is 5.32 Å². The Bertz CT molecular complexity index is 325. The molecule has 0 radical (unpaired) electrons. The van der Waals surface area contributed by atoms with E-state index in [4.69, 9.17) is 0 Å². The maximum atomic E-state index is 4.36. The fourth-order valence-electron chi connectivity index (χ4n) is 2.16. The first kappa shape index (κ1) is 11.3. The number of likely N-dealkylation sites (tertiary alicyclic amines) is 1. The van der Waals surface area contributed by atoms with Gasteiger partial charge in [-0.1, -0.05) is 0 Å². The molecular formula is C12H20N4. The van der Waals surface area contributed by atoms with Crippen LogP contribution in [-0.2, 0) is 0 Å². The minimum absolute atomic E-state index is 0.837. The quantitative estimate of drug-likeness (QED) is 0.837. The van der Waals surface area contributed by atoms with E-state index in [1.165, 1.54) is 25.9 Å². The molecule has 0 atom stereocenters. The van der Waals surface area contributed by atoms with Crippen molar-refractivity contribution in [2.24, 2.45) is 0 Å². The molecule has 1 aromatic rings. The first-order chi connectivity index (χ1) is 7.74. The molecule has 16 heavy (non-hydrogen) atoms. The monoisotopic (exact) mass is 220 g/mol. The predicted molar refractivity (Wildman–Crippen MR) is 65.7 cm³/mol. The molecule has 0 unspecified atom stereocenters. The van der Waals surface area contributed by atoms with Gasteiger partial charge in [-0.05, 0) is 39.8 Å². The van der Waals surface area contributed by atoms with Gasteiger partial charge in [0.1, 0.15) is 11.6 Å². The number of nitrogens with one attached hydrogen (secondary N) is 1. The van der Waals surface area contributed by atoms with Gasteiger partial charge >= 0.3 is 0 Å². The smallest absolute Gasteiger partial charge is 0.129 e. The topological polar surface area (TPSA) is 41.0 Å². The summed E-state index contributed by atoms with van der Waals surface area (Å²) in [7, 11) is 0. The Hall–Kier alpha value is -1.16. The maximum Gasteiger partial charge on any atom is 0.129 e. The SMILES string of the molecule is Cc1cc(NCCN2CCCC2)nc(C)n1. The summed E-state index contributed by atoms with van der Waals surface area (Å²) in [5.41, 5.74) is 1.02. The number of hydrogen-bond donors (Lipinski definition) is 1. The number of anilines is 1. The molecular weight excluding hydrogens is 200 g/mol. The van der Waals surface area contributed by atoms with Crippen LogP contribution >= 0.6 is 0 Å². The average Bonchev–Trinajstić information content (AvgIpc) is 2.69. The van der Waals surface area contributed by atoms with Gasteiger partial charge in [0.25, 0.3) is 0 Å². The van der Waals surface area contributed by atoms with Gasteiger partial charge in [0.05, 0.1) is 0 Å². The summed E-state index contributed by atoms with van der Waals surface area (Å²) in [5, 5.41) is 3.36. The Balaban J connectivity index is 1.80. The number of rotatable bonds is 4. The molecule has 0 bridgehead atoms. The summed E-state index contributed by atoms with van der Waals surface area (Å²) in [6, 6.07) is 2.00. The molecule has 1 aliphatic rings. The summed E-state index contributed by atoms with van der Waals surface area (Å²) >= 11 is 0. The zero-order valence-corrected chi connectivity index (χ0v) is 10.2. The van der Waals surface area contributed by atoms with E-state index >= 15 is 0 Å². The van der Waals surface area contributed by atoms with Gasteiger partial charge < -0.3 is 10.2 Å². The second kappa shape index (κ2) is 5.25. The standard InChI is InChI=1S/C12H20N4/c1-10-9-12(15-11(2)14-10)13-5-8-16-6-3-4-7-16/h9H,3-8H2,1-2H3,(H,13,14,15). The van der Waals surface area contributed by atoms with Crippen LogP contribution in [0.2, 0.25) is 0 Å². The van der Waals surface area contributed by atoms with Crippen molar-refractivity contribution in [3.05, 3.63) is 17.6 Å². The molecule has 1 aliphatic heterocycles. The number of aryl methyl sites for hydroxylation is 2. The van der Waals surface area contributed by atoms with Crippen LogP contribution in [0.25, 0.3) is 0 Å². The molecule has 1 N–H and O–H groups in total. The third-order valence-electron chi connectivity index (χ3n) is 2.90. The molecule has 0 saturated carbocycles. The maximum absolute atomic E-state index is 4.36. The van der Waals surface area contributed by atoms with E-state index in [9.17, 15) is 0 Å². The van der Waals surface area contributed by atoms with E-state index < -0.39 is 0 Å². The summed E-state index contributed by atoms with van der Waals surface area (Å²) < 4.78 is 0. The van der Waals surface area contributed by atoms with E-state index in [-0.39, 0.29) is 0 Å². The van der Waals surface area contributed by atoms with Crippen molar-refractivity contribution >= 4 is 5.82 Å². The second-order valence-electron chi connectivity index (χ2n) is 4.42. The molecule has 2 heterocycles. The zero-order chi connectivity index (χ0) is 11.4. The Morgan fingerprint density at radius 1 is 1.25 bits per heavy atom. The van der Waals surface area contributed by atoms with Gasteiger partial charge in [-0.3, -0.25) is 0 Å². The van der Waals surface area contributed by atoms with Gasteiger partial charge in [-0.25, -0.2) is 9.97 Å². The van der Waals surface area contributed by atoms with Crippen molar-refractivity contribution in [1.29, 1.82) is 0 Å². The molecule has 2 rings (SSSR count). The Morgan fingerprint density at radius 2 is 2.00 bits per heavy atom. The van der Waals surface area contributed by atoms with Gasteiger partial charge in [-0.2, -0.15) is 0 Å². The molecule has 1 fully saturated rings. The summed E-state index contributed by atoms with van der Waals surface area (Å²) in [6.07, 6.45) is 2.71. The minimum Gasteiger partial charge on any atom is -0.369 e. The van der Waals surface area contributed by atoms with Crippen molar-refractivity contribution in [2.45, 2.75) is 26.7 Å². The lowest BCUT2D eigenvalue weighted by Gasteiger charge is -2.15. The van der Waals surface area contributed by atoms with E-state index in [1.54, 1.807) is 0 Å². The van der Waals surface area contributed by atoms with Crippen LogP contribution in [0.5, 0.6) is 0 Å². The molecule has 88 valence electrons. The molecule has 0 aliphatic carbocycles. The summed E-state index contributed by atoms with van der Waals surface area (Å²) in [5.74, 6) is 1.79. The Labute approximate surface area is 97.1 Å². The van der Waals surface area contributed by atoms with Crippen molar-refractivity contribution in [1.82, 2.24) is 14.9 Å². The average molecular weight is 220 g/mol. The highest BCUT2D eigenvalue weighted by molar-refractivity contribution is 5.35. The first-order valence-electron chi connectivity index (χ1n) is 6.02. The number of nitrogens with zero attached hydrogens (tertiary/aromatic N) is 3. The van der Waals surface area contributed by atoms with E-state index in [0.717, 1.165) is 30.4 Å². The third-order valence-corrected chi connectivity index (χ3v) is 2.90. The molecule has 0 aromatic carbocycles. The largest absolute Gasteiger partial charge is 0.369 e. The summed E-state index contributed by atoms with van der Waals surface area (Å²) in [6.45, 7) is 8.52. The molecule has 0 amide bonds. The van der Waals surface area contributed by atoms with Gasteiger partial charge in [0, 0.05) is 24.8 Å². The van der Waals surface area contributed by atoms with Crippen LogP contribution in [0.15, 0.2) is 6.07 Å². The van der Waals surface area contributed by atoms with Crippen LogP contribution in [0, 0.1) is 13.8 Å². The highest BCUT2D eigenvalue weighted by atomic mass is 15.2. The van der Waals surface area contributed by atoms with Gasteiger partial charge in [0.15, 0.2) is 0 Å². The number of aromatic nitrogens is 2. The second-order valence-corrected chi connectivity index (χ2v) is 4.42. The molecule has 1 saturated heterocycles.